The van der Waals surface area contributed by atoms with Crippen molar-refractivity contribution in [2.75, 3.05) is 25.0 Å². The molecule has 0 unspecified atom stereocenters. The molecule has 3 rings (SSSR count). The van der Waals surface area contributed by atoms with Gasteiger partial charge in [-0.05, 0) is 62.1 Å². The molecule has 0 saturated carbocycles. The zero-order chi connectivity index (χ0) is 21.7. The third-order valence-electron chi connectivity index (χ3n) is 4.84. The van der Waals surface area contributed by atoms with Crippen LogP contribution < -0.4 is 14.8 Å². The maximum absolute atomic E-state index is 12.6. The first-order valence-electron chi connectivity index (χ1n) is 9.71. The Balaban J connectivity index is 1.64. The summed E-state index contributed by atoms with van der Waals surface area (Å²) in [6.45, 7) is 1.75. The normalized spacial score (nSPS) is 13.4. The fourth-order valence-electron chi connectivity index (χ4n) is 3.43. The predicted molar refractivity (Wildman–Crippen MR) is 108 cm³/mol. The van der Waals surface area contributed by atoms with Gasteiger partial charge in [-0.2, -0.15) is 8.78 Å². The predicted octanol–water partition coefficient (Wildman–Crippen LogP) is 4.16. The van der Waals surface area contributed by atoms with Crippen LogP contribution >= 0.6 is 0 Å². The number of hydrogen-bond acceptors (Lipinski definition) is 4. The van der Waals surface area contributed by atoms with Gasteiger partial charge in [-0.15, -0.1) is 0 Å². The largest absolute Gasteiger partial charge is 0.484 e. The summed E-state index contributed by atoms with van der Waals surface area (Å²) in [6, 6.07) is 9.73. The number of amides is 2. The molecular weight excluding hydrogens is 394 g/mol. The van der Waals surface area contributed by atoms with E-state index in [1.54, 1.807) is 43.0 Å². The molecule has 0 bridgehead atoms. The van der Waals surface area contributed by atoms with E-state index in [4.69, 9.17) is 4.74 Å². The van der Waals surface area contributed by atoms with Crippen molar-refractivity contribution in [1.29, 1.82) is 0 Å². The first-order chi connectivity index (χ1) is 14.3. The van der Waals surface area contributed by atoms with Gasteiger partial charge in [-0.1, -0.05) is 6.07 Å². The molecular formula is C22H24F2N2O4. The lowest BCUT2D eigenvalue weighted by Crippen LogP contribution is -2.32. The van der Waals surface area contributed by atoms with Crippen LogP contribution in [0, 0.1) is 13.8 Å². The summed E-state index contributed by atoms with van der Waals surface area (Å²) in [6.07, 6.45) is 2.03. The molecule has 2 aromatic rings. The lowest BCUT2D eigenvalue weighted by molar-refractivity contribution is -0.132. The molecule has 0 aliphatic carbocycles. The number of carbonyl (C=O) groups is 2. The Kier molecular flexibility index (Phi) is 6.87. The van der Waals surface area contributed by atoms with Gasteiger partial charge >= 0.3 is 6.61 Å². The fraction of sp³-hybridized carbons (Fsp3) is 0.364. The highest BCUT2D eigenvalue weighted by Crippen LogP contribution is 2.27. The minimum atomic E-state index is -2.93. The van der Waals surface area contributed by atoms with Crippen molar-refractivity contribution < 1.29 is 27.8 Å². The maximum atomic E-state index is 12.6. The second kappa shape index (κ2) is 9.56. The number of aryl methyl sites for hydroxylation is 2. The van der Waals surface area contributed by atoms with Crippen LogP contribution in [0.3, 0.4) is 0 Å². The summed E-state index contributed by atoms with van der Waals surface area (Å²) in [5, 5.41) is 2.75. The molecule has 2 amide bonds. The maximum Gasteiger partial charge on any atom is 0.387 e. The van der Waals surface area contributed by atoms with E-state index in [-0.39, 0.29) is 18.3 Å². The summed E-state index contributed by atoms with van der Waals surface area (Å²) in [7, 11) is 0. The highest BCUT2D eigenvalue weighted by Gasteiger charge is 2.18. The Labute approximate surface area is 173 Å². The molecule has 8 heteroatoms. The molecule has 6 nitrogen and oxygen atoms in total. The number of anilines is 1. The van der Waals surface area contributed by atoms with Crippen LogP contribution in [0.4, 0.5) is 14.5 Å². The number of rotatable bonds is 7. The molecule has 1 N–H and O–H groups in total. The van der Waals surface area contributed by atoms with Gasteiger partial charge < -0.3 is 19.7 Å². The number of hydrogen-bond donors (Lipinski definition) is 1. The van der Waals surface area contributed by atoms with E-state index in [0.29, 0.717) is 28.1 Å². The molecule has 1 aliphatic rings. The smallest absolute Gasteiger partial charge is 0.387 e. The average Bonchev–Trinajstić information content (AvgIpc) is 3.24. The molecule has 1 aliphatic heterocycles. The van der Waals surface area contributed by atoms with E-state index in [1.165, 1.54) is 12.1 Å². The zero-order valence-corrected chi connectivity index (χ0v) is 16.9. The average molecular weight is 418 g/mol. The van der Waals surface area contributed by atoms with Crippen LogP contribution in [-0.2, 0) is 4.79 Å². The number of nitrogens with zero attached hydrogens (tertiary/aromatic N) is 1. The second-order valence-electron chi connectivity index (χ2n) is 7.18. The van der Waals surface area contributed by atoms with Crippen LogP contribution in [0.2, 0.25) is 0 Å². The molecule has 160 valence electrons. The van der Waals surface area contributed by atoms with Gasteiger partial charge in [-0.25, -0.2) is 0 Å². The number of ether oxygens (including phenoxy) is 2. The summed E-state index contributed by atoms with van der Waals surface area (Å²) in [5.74, 6) is 0.0853. The van der Waals surface area contributed by atoms with Crippen LogP contribution in [0.5, 0.6) is 11.5 Å². The summed E-state index contributed by atoms with van der Waals surface area (Å²) in [4.78, 5) is 26.5. The summed E-state index contributed by atoms with van der Waals surface area (Å²) in [5.41, 5.74) is 1.70. The minimum absolute atomic E-state index is 0.0542. The van der Waals surface area contributed by atoms with E-state index in [2.05, 4.69) is 10.1 Å². The topological polar surface area (TPSA) is 67.9 Å². The Hall–Kier alpha value is -3.16. The number of halogens is 2. The standard InChI is InChI=1S/C22H24F2N2O4/c1-14-10-16(11-15(2)20(14)30-22(23)24)21(28)25-17-6-5-7-18(12-17)29-13-19(27)26-8-3-4-9-26/h5-7,10-12,22H,3-4,8-9,13H2,1-2H3,(H,25,28). The third kappa shape index (κ3) is 5.46. The number of benzene rings is 2. The summed E-state index contributed by atoms with van der Waals surface area (Å²) >= 11 is 0. The SMILES string of the molecule is Cc1cc(C(=O)Nc2cccc(OCC(=O)N3CCCC3)c2)cc(C)c1OC(F)F. The van der Waals surface area contributed by atoms with Crippen molar-refractivity contribution in [3.8, 4) is 11.5 Å². The number of nitrogens with one attached hydrogen (secondary N) is 1. The zero-order valence-electron chi connectivity index (χ0n) is 16.9. The Morgan fingerprint density at radius 2 is 1.77 bits per heavy atom. The van der Waals surface area contributed by atoms with E-state index < -0.39 is 12.5 Å². The molecule has 0 spiro atoms. The van der Waals surface area contributed by atoms with Gasteiger partial charge in [0.25, 0.3) is 11.8 Å². The lowest BCUT2D eigenvalue weighted by atomic mass is 10.0. The van der Waals surface area contributed by atoms with E-state index in [1.807, 2.05) is 0 Å². The monoisotopic (exact) mass is 418 g/mol. The summed E-state index contributed by atoms with van der Waals surface area (Å²) < 4.78 is 35.1. The van der Waals surface area contributed by atoms with Gasteiger partial charge in [0.15, 0.2) is 6.61 Å². The Morgan fingerprint density at radius 3 is 2.40 bits per heavy atom. The van der Waals surface area contributed by atoms with Crippen LogP contribution in [0.25, 0.3) is 0 Å². The van der Waals surface area contributed by atoms with Crippen molar-refractivity contribution in [1.82, 2.24) is 4.90 Å². The lowest BCUT2D eigenvalue weighted by Gasteiger charge is -2.16. The first kappa shape index (κ1) is 21.5. The van der Waals surface area contributed by atoms with Crippen molar-refractivity contribution in [3.63, 3.8) is 0 Å². The molecule has 0 atom stereocenters. The van der Waals surface area contributed by atoms with Gasteiger partial charge in [0.05, 0.1) is 0 Å². The van der Waals surface area contributed by atoms with Crippen molar-refractivity contribution in [2.45, 2.75) is 33.3 Å². The van der Waals surface area contributed by atoms with E-state index in [9.17, 15) is 18.4 Å². The fourth-order valence-corrected chi connectivity index (χ4v) is 3.43. The third-order valence-corrected chi connectivity index (χ3v) is 4.84. The Morgan fingerprint density at radius 1 is 1.10 bits per heavy atom. The minimum Gasteiger partial charge on any atom is -0.484 e. The number of alkyl halides is 2. The van der Waals surface area contributed by atoms with Crippen molar-refractivity contribution >= 4 is 17.5 Å². The van der Waals surface area contributed by atoms with Gasteiger partial charge in [0, 0.05) is 30.4 Å². The molecule has 1 saturated heterocycles. The number of carbonyl (C=O) groups excluding carboxylic acids is 2. The van der Waals surface area contributed by atoms with Gasteiger partial charge in [0.1, 0.15) is 11.5 Å². The van der Waals surface area contributed by atoms with E-state index >= 15 is 0 Å². The quantitative estimate of drug-likeness (QED) is 0.733. The Bertz CT molecular complexity index is 904. The van der Waals surface area contributed by atoms with Crippen molar-refractivity contribution in [2.24, 2.45) is 0 Å². The van der Waals surface area contributed by atoms with Crippen molar-refractivity contribution in [3.05, 3.63) is 53.1 Å². The molecule has 1 heterocycles. The molecule has 30 heavy (non-hydrogen) atoms. The molecule has 0 radical (unpaired) electrons. The number of likely N-dealkylation sites (tertiary alicyclic amines) is 1. The second-order valence-corrected chi connectivity index (χ2v) is 7.18. The van der Waals surface area contributed by atoms with Gasteiger partial charge in [0.2, 0.25) is 0 Å². The highest BCUT2D eigenvalue weighted by molar-refractivity contribution is 6.04. The van der Waals surface area contributed by atoms with Gasteiger partial charge in [-0.3, -0.25) is 9.59 Å². The first-order valence-corrected chi connectivity index (χ1v) is 9.71. The van der Waals surface area contributed by atoms with E-state index in [0.717, 1.165) is 25.9 Å². The van der Waals surface area contributed by atoms with Crippen LogP contribution in [0.15, 0.2) is 36.4 Å². The van der Waals surface area contributed by atoms with Crippen LogP contribution in [-0.4, -0.2) is 43.0 Å². The highest BCUT2D eigenvalue weighted by atomic mass is 19.3. The molecule has 0 aromatic heterocycles. The molecule has 2 aromatic carbocycles. The van der Waals surface area contributed by atoms with Crippen LogP contribution in [0.1, 0.15) is 34.3 Å². The molecule has 1 fully saturated rings.